The summed E-state index contributed by atoms with van der Waals surface area (Å²) in [4.78, 5) is 0. The fourth-order valence-corrected chi connectivity index (χ4v) is 1.89. The van der Waals surface area contributed by atoms with Gasteiger partial charge < -0.3 is 4.74 Å². The van der Waals surface area contributed by atoms with Gasteiger partial charge in [-0.2, -0.15) is 0 Å². The van der Waals surface area contributed by atoms with Crippen LogP contribution in [0.3, 0.4) is 0 Å². The first-order chi connectivity index (χ1) is 8.74. The smallest absolute Gasteiger partial charge is 0.123 e. The Hall–Kier alpha value is -1.91. The van der Waals surface area contributed by atoms with Gasteiger partial charge in [-0.15, -0.1) is 0 Å². The lowest BCUT2D eigenvalue weighted by Crippen LogP contribution is -2.28. The fraction of sp³-hybridized carbons (Fsp3) is 0.143. The summed E-state index contributed by atoms with van der Waals surface area (Å²) in [5.74, 6) is 6.02. The predicted molar refractivity (Wildman–Crippen MR) is 68.6 cm³/mol. The third-order valence-electron chi connectivity index (χ3n) is 2.78. The molecule has 0 fully saturated rings. The van der Waals surface area contributed by atoms with Crippen molar-refractivity contribution in [1.82, 2.24) is 5.43 Å². The van der Waals surface area contributed by atoms with E-state index in [1.165, 1.54) is 12.1 Å². The third kappa shape index (κ3) is 2.67. The summed E-state index contributed by atoms with van der Waals surface area (Å²) in [6.07, 6.45) is 0. The molecule has 0 amide bonds. The van der Waals surface area contributed by atoms with E-state index < -0.39 is 0 Å². The van der Waals surface area contributed by atoms with E-state index in [1.807, 2.05) is 30.3 Å². The van der Waals surface area contributed by atoms with Crippen molar-refractivity contribution in [2.45, 2.75) is 6.04 Å². The van der Waals surface area contributed by atoms with Crippen LogP contribution in [0.15, 0.2) is 48.5 Å². The largest absolute Gasteiger partial charge is 0.497 e. The highest BCUT2D eigenvalue weighted by Crippen LogP contribution is 2.24. The molecule has 0 aliphatic rings. The van der Waals surface area contributed by atoms with Crippen molar-refractivity contribution in [2.75, 3.05) is 7.11 Å². The van der Waals surface area contributed by atoms with Crippen molar-refractivity contribution >= 4 is 0 Å². The van der Waals surface area contributed by atoms with E-state index in [4.69, 9.17) is 10.6 Å². The van der Waals surface area contributed by atoms with Gasteiger partial charge in [0.05, 0.1) is 13.2 Å². The van der Waals surface area contributed by atoms with Crippen LogP contribution in [0.2, 0.25) is 0 Å². The van der Waals surface area contributed by atoms with Crippen LogP contribution in [0, 0.1) is 5.82 Å². The Kier molecular flexibility index (Phi) is 3.92. The first-order valence-electron chi connectivity index (χ1n) is 5.60. The molecule has 2 rings (SSSR count). The Labute approximate surface area is 105 Å². The molecule has 0 radical (unpaired) electrons. The third-order valence-corrected chi connectivity index (χ3v) is 2.78. The van der Waals surface area contributed by atoms with Crippen LogP contribution >= 0.6 is 0 Å². The highest BCUT2D eigenvalue weighted by atomic mass is 19.1. The Morgan fingerprint density at radius 1 is 1.11 bits per heavy atom. The fourth-order valence-electron chi connectivity index (χ4n) is 1.89. The SMILES string of the molecule is COc1cccc(C(NN)c2cccc(F)c2)c1. The zero-order valence-electron chi connectivity index (χ0n) is 10.1. The maximum Gasteiger partial charge on any atom is 0.123 e. The van der Waals surface area contributed by atoms with E-state index in [0.29, 0.717) is 0 Å². The number of methoxy groups -OCH3 is 1. The number of hydrogen-bond donors (Lipinski definition) is 2. The van der Waals surface area contributed by atoms with Crippen LogP contribution in [0.25, 0.3) is 0 Å². The predicted octanol–water partition coefficient (Wildman–Crippen LogP) is 2.39. The van der Waals surface area contributed by atoms with Crippen LogP contribution < -0.4 is 16.0 Å². The lowest BCUT2D eigenvalue weighted by molar-refractivity contribution is 0.413. The zero-order valence-corrected chi connectivity index (χ0v) is 10.1. The minimum atomic E-state index is -0.282. The molecule has 0 bridgehead atoms. The molecule has 0 aliphatic heterocycles. The number of nitrogens with one attached hydrogen (secondary N) is 1. The minimum Gasteiger partial charge on any atom is -0.497 e. The van der Waals surface area contributed by atoms with Gasteiger partial charge in [-0.05, 0) is 35.4 Å². The van der Waals surface area contributed by atoms with Crippen LogP contribution in [0.4, 0.5) is 4.39 Å². The summed E-state index contributed by atoms with van der Waals surface area (Å²) in [5, 5.41) is 0. The van der Waals surface area contributed by atoms with Crippen molar-refractivity contribution in [1.29, 1.82) is 0 Å². The first-order valence-corrected chi connectivity index (χ1v) is 5.60. The van der Waals surface area contributed by atoms with Gasteiger partial charge in [0, 0.05) is 0 Å². The molecule has 2 aromatic rings. The average molecular weight is 246 g/mol. The summed E-state index contributed by atoms with van der Waals surface area (Å²) in [6, 6.07) is 13.6. The molecule has 3 N–H and O–H groups in total. The minimum absolute atomic E-state index is 0.268. The van der Waals surface area contributed by atoms with Crippen molar-refractivity contribution in [2.24, 2.45) is 5.84 Å². The quantitative estimate of drug-likeness (QED) is 0.643. The van der Waals surface area contributed by atoms with E-state index in [-0.39, 0.29) is 11.9 Å². The van der Waals surface area contributed by atoms with Gasteiger partial charge in [-0.1, -0.05) is 24.3 Å². The van der Waals surface area contributed by atoms with Gasteiger partial charge in [0.15, 0.2) is 0 Å². The molecule has 94 valence electrons. The Balaban J connectivity index is 2.38. The van der Waals surface area contributed by atoms with E-state index in [9.17, 15) is 4.39 Å². The molecule has 1 unspecified atom stereocenters. The first kappa shape index (κ1) is 12.5. The maximum absolute atomic E-state index is 13.2. The lowest BCUT2D eigenvalue weighted by Gasteiger charge is -2.17. The van der Waals surface area contributed by atoms with Gasteiger partial charge >= 0.3 is 0 Å². The van der Waals surface area contributed by atoms with Crippen LogP contribution in [-0.4, -0.2) is 7.11 Å². The maximum atomic E-state index is 13.2. The molecule has 2 aromatic carbocycles. The molecule has 3 nitrogen and oxygen atoms in total. The summed E-state index contributed by atoms with van der Waals surface area (Å²) in [7, 11) is 1.60. The van der Waals surface area contributed by atoms with Crippen molar-refractivity contribution in [3.05, 3.63) is 65.5 Å². The van der Waals surface area contributed by atoms with Crippen LogP contribution in [0.1, 0.15) is 17.2 Å². The van der Waals surface area contributed by atoms with E-state index >= 15 is 0 Å². The van der Waals surface area contributed by atoms with Gasteiger partial charge in [0.2, 0.25) is 0 Å². The molecular weight excluding hydrogens is 231 g/mol. The molecule has 18 heavy (non-hydrogen) atoms. The summed E-state index contributed by atoms with van der Waals surface area (Å²) < 4.78 is 18.4. The number of hydrazine groups is 1. The second kappa shape index (κ2) is 5.62. The van der Waals surface area contributed by atoms with E-state index in [2.05, 4.69) is 5.43 Å². The standard InChI is InChI=1S/C14H15FN2O/c1-18-13-7-3-5-11(9-13)14(17-16)10-4-2-6-12(15)8-10/h2-9,14,17H,16H2,1H3. The Morgan fingerprint density at radius 2 is 1.78 bits per heavy atom. The number of ether oxygens (including phenoxy) is 1. The normalized spacial score (nSPS) is 12.2. The average Bonchev–Trinajstić information content (AvgIpc) is 2.40. The second-order valence-electron chi connectivity index (χ2n) is 3.93. The summed E-state index contributed by atoms with van der Waals surface area (Å²) >= 11 is 0. The molecule has 4 heteroatoms. The topological polar surface area (TPSA) is 47.3 Å². The molecule has 0 spiro atoms. The summed E-state index contributed by atoms with van der Waals surface area (Å²) in [5.41, 5.74) is 4.38. The molecule has 1 atom stereocenters. The molecule has 0 aliphatic carbocycles. The second-order valence-corrected chi connectivity index (χ2v) is 3.93. The molecule has 0 heterocycles. The van der Waals surface area contributed by atoms with Crippen molar-refractivity contribution in [3.8, 4) is 5.75 Å². The van der Waals surface area contributed by atoms with E-state index in [1.54, 1.807) is 13.2 Å². The molecule has 0 aromatic heterocycles. The van der Waals surface area contributed by atoms with Gasteiger partial charge in [-0.3, -0.25) is 5.84 Å². The van der Waals surface area contributed by atoms with Gasteiger partial charge in [0.25, 0.3) is 0 Å². The molecular formula is C14H15FN2O. The van der Waals surface area contributed by atoms with Crippen LogP contribution in [-0.2, 0) is 0 Å². The number of nitrogens with two attached hydrogens (primary N) is 1. The zero-order chi connectivity index (χ0) is 13.0. The molecule has 0 saturated carbocycles. The van der Waals surface area contributed by atoms with Crippen LogP contribution in [0.5, 0.6) is 5.75 Å². The summed E-state index contributed by atoms with van der Waals surface area (Å²) in [6.45, 7) is 0. The van der Waals surface area contributed by atoms with Gasteiger partial charge in [-0.25, -0.2) is 9.82 Å². The highest BCUT2D eigenvalue weighted by Gasteiger charge is 2.13. The van der Waals surface area contributed by atoms with E-state index in [0.717, 1.165) is 16.9 Å². The Morgan fingerprint density at radius 3 is 2.39 bits per heavy atom. The monoisotopic (exact) mass is 246 g/mol. The van der Waals surface area contributed by atoms with Gasteiger partial charge in [0.1, 0.15) is 11.6 Å². The number of hydrogen-bond acceptors (Lipinski definition) is 3. The Bertz CT molecular complexity index is 531. The number of benzene rings is 2. The highest BCUT2D eigenvalue weighted by molar-refractivity contribution is 5.36. The number of rotatable bonds is 4. The molecule has 0 saturated heterocycles. The van der Waals surface area contributed by atoms with Crippen molar-refractivity contribution in [3.63, 3.8) is 0 Å². The van der Waals surface area contributed by atoms with Crippen molar-refractivity contribution < 1.29 is 9.13 Å². The lowest BCUT2D eigenvalue weighted by atomic mass is 9.99. The number of halogens is 1.